The maximum Gasteiger partial charge on any atom is 0.248 e. The number of nitrogens with one attached hydrogen (secondary N) is 1. The Bertz CT molecular complexity index is 1400. The van der Waals surface area contributed by atoms with Crippen molar-refractivity contribution < 1.29 is 9.57 Å². The van der Waals surface area contributed by atoms with Crippen LogP contribution in [-0.2, 0) is 11.3 Å². The molecule has 1 saturated carbocycles. The SMILES string of the molecule is Clc1ccc(CC2CONC(c3cc4cccn4nc3Oc3cccc(C4CC4)c3)=N2)c(Cl)c1. The molecule has 1 aliphatic carbocycles. The Morgan fingerprint density at radius 3 is 2.82 bits per heavy atom. The van der Waals surface area contributed by atoms with Gasteiger partial charge in [-0.1, -0.05) is 41.4 Å². The number of aromatic nitrogens is 2. The molecule has 0 saturated heterocycles. The van der Waals surface area contributed by atoms with Crippen LogP contribution in [0, 0.1) is 0 Å². The summed E-state index contributed by atoms with van der Waals surface area (Å²) >= 11 is 12.4. The van der Waals surface area contributed by atoms with Crippen LogP contribution < -0.4 is 10.2 Å². The number of rotatable bonds is 6. The van der Waals surface area contributed by atoms with Crippen LogP contribution in [0.15, 0.2) is 71.9 Å². The zero-order chi connectivity index (χ0) is 23.1. The van der Waals surface area contributed by atoms with E-state index in [1.54, 1.807) is 10.6 Å². The Balaban J connectivity index is 1.34. The van der Waals surface area contributed by atoms with E-state index in [1.165, 1.54) is 18.4 Å². The highest BCUT2D eigenvalue weighted by molar-refractivity contribution is 6.35. The van der Waals surface area contributed by atoms with E-state index in [0.29, 0.717) is 40.7 Å². The smallest absolute Gasteiger partial charge is 0.248 e. The highest BCUT2D eigenvalue weighted by Crippen LogP contribution is 2.41. The fourth-order valence-electron chi connectivity index (χ4n) is 4.18. The van der Waals surface area contributed by atoms with Crippen molar-refractivity contribution in [1.29, 1.82) is 0 Å². The summed E-state index contributed by atoms with van der Waals surface area (Å²) in [4.78, 5) is 10.6. The van der Waals surface area contributed by atoms with Crippen molar-refractivity contribution in [1.82, 2.24) is 15.1 Å². The minimum atomic E-state index is -0.121. The maximum absolute atomic E-state index is 6.39. The summed E-state index contributed by atoms with van der Waals surface area (Å²) in [7, 11) is 0. The Morgan fingerprint density at radius 1 is 1.06 bits per heavy atom. The third kappa shape index (κ3) is 4.49. The zero-order valence-electron chi connectivity index (χ0n) is 18.2. The second-order valence-electron chi connectivity index (χ2n) is 8.67. The van der Waals surface area contributed by atoms with E-state index in [-0.39, 0.29) is 6.04 Å². The first-order valence-corrected chi connectivity index (χ1v) is 12.0. The van der Waals surface area contributed by atoms with Gasteiger partial charge in [0.25, 0.3) is 0 Å². The first kappa shape index (κ1) is 21.5. The van der Waals surface area contributed by atoms with Gasteiger partial charge in [-0.25, -0.2) is 10.00 Å². The molecule has 2 aliphatic rings. The van der Waals surface area contributed by atoms with Crippen LogP contribution in [0.3, 0.4) is 0 Å². The maximum atomic E-state index is 6.39. The fourth-order valence-corrected chi connectivity index (χ4v) is 4.67. The highest BCUT2D eigenvalue weighted by Gasteiger charge is 2.25. The standard InChI is InChI=1S/C26H22Cl2N4O2/c27-19-9-8-18(24(28)13-19)11-20-15-33-31-25(29-20)23-14-21-4-2-10-32(21)30-26(23)34-22-5-1-3-17(12-22)16-6-7-16/h1-5,8-10,12-14,16,20H,6-7,11,15H2,(H,29,31). The molecule has 4 aromatic rings. The quantitative estimate of drug-likeness (QED) is 0.347. The minimum Gasteiger partial charge on any atom is -0.437 e. The van der Waals surface area contributed by atoms with Gasteiger partial charge in [-0.15, -0.1) is 5.10 Å². The average Bonchev–Trinajstić information content (AvgIpc) is 3.59. The Morgan fingerprint density at radius 2 is 1.97 bits per heavy atom. The molecule has 6 nitrogen and oxygen atoms in total. The fraction of sp³-hybridized carbons (Fsp3) is 0.231. The third-order valence-electron chi connectivity index (χ3n) is 6.08. The van der Waals surface area contributed by atoms with Crippen molar-refractivity contribution in [2.75, 3.05) is 6.61 Å². The third-order valence-corrected chi connectivity index (χ3v) is 6.67. The van der Waals surface area contributed by atoms with E-state index in [9.17, 15) is 0 Å². The normalized spacial score (nSPS) is 17.9. The van der Waals surface area contributed by atoms with Crippen LogP contribution in [0.25, 0.3) is 5.52 Å². The van der Waals surface area contributed by atoms with Crippen LogP contribution in [0.5, 0.6) is 11.6 Å². The van der Waals surface area contributed by atoms with E-state index < -0.39 is 0 Å². The Hall–Kier alpha value is -3.06. The van der Waals surface area contributed by atoms with Gasteiger partial charge in [0.2, 0.25) is 5.88 Å². The van der Waals surface area contributed by atoms with E-state index in [2.05, 4.69) is 17.6 Å². The number of aliphatic imine (C=N–C) groups is 1. The highest BCUT2D eigenvalue weighted by atomic mass is 35.5. The molecule has 1 unspecified atom stereocenters. The van der Waals surface area contributed by atoms with E-state index in [1.807, 2.05) is 48.7 Å². The minimum absolute atomic E-state index is 0.121. The zero-order valence-corrected chi connectivity index (χ0v) is 19.8. The number of nitrogens with zero attached hydrogens (tertiary/aromatic N) is 3. The van der Waals surface area contributed by atoms with Crippen molar-refractivity contribution in [3.63, 3.8) is 0 Å². The lowest BCUT2D eigenvalue weighted by atomic mass is 10.1. The van der Waals surface area contributed by atoms with Crippen LogP contribution >= 0.6 is 23.2 Å². The first-order valence-electron chi connectivity index (χ1n) is 11.3. The number of benzene rings is 2. The lowest BCUT2D eigenvalue weighted by molar-refractivity contribution is 0.0623. The monoisotopic (exact) mass is 492 g/mol. The number of hydrogen-bond acceptors (Lipinski definition) is 5. The van der Waals surface area contributed by atoms with Crippen LogP contribution in [-0.4, -0.2) is 28.1 Å². The number of ether oxygens (including phenoxy) is 1. The molecule has 0 radical (unpaired) electrons. The molecule has 2 aromatic carbocycles. The number of amidine groups is 1. The van der Waals surface area contributed by atoms with Gasteiger partial charge in [0.1, 0.15) is 5.75 Å². The van der Waals surface area contributed by atoms with Gasteiger partial charge in [-0.05, 0) is 78.8 Å². The summed E-state index contributed by atoms with van der Waals surface area (Å²) in [6.07, 6.45) is 4.99. The van der Waals surface area contributed by atoms with E-state index in [4.69, 9.17) is 42.9 Å². The van der Waals surface area contributed by atoms with E-state index >= 15 is 0 Å². The summed E-state index contributed by atoms with van der Waals surface area (Å²) in [5.74, 6) is 2.43. The second-order valence-corrected chi connectivity index (χ2v) is 9.52. The van der Waals surface area contributed by atoms with Gasteiger partial charge < -0.3 is 4.74 Å². The molecule has 2 aromatic heterocycles. The number of hydrogen-bond donors (Lipinski definition) is 1. The van der Waals surface area contributed by atoms with Crippen LogP contribution in [0.4, 0.5) is 0 Å². The molecule has 172 valence electrons. The van der Waals surface area contributed by atoms with Crippen LogP contribution in [0.2, 0.25) is 10.0 Å². The summed E-state index contributed by atoms with van der Waals surface area (Å²) in [5, 5.41) is 5.94. The number of hydroxylamine groups is 1. The lowest BCUT2D eigenvalue weighted by Gasteiger charge is -2.23. The lowest BCUT2D eigenvalue weighted by Crippen LogP contribution is -2.37. The molecule has 3 heterocycles. The van der Waals surface area contributed by atoms with Crippen molar-refractivity contribution in [2.24, 2.45) is 4.99 Å². The molecule has 1 fully saturated rings. The molecule has 0 spiro atoms. The molecule has 1 atom stereocenters. The molecule has 1 N–H and O–H groups in total. The summed E-state index contributed by atoms with van der Waals surface area (Å²) in [6, 6.07) is 19.6. The summed E-state index contributed by atoms with van der Waals surface area (Å²) in [5.41, 5.74) is 6.90. The van der Waals surface area contributed by atoms with Crippen LogP contribution in [0.1, 0.15) is 35.4 Å². The largest absolute Gasteiger partial charge is 0.437 e. The van der Waals surface area contributed by atoms with Gasteiger partial charge in [0, 0.05) is 16.2 Å². The number of halogens is 2. The van der Waals surface area contributed by atoms with Gasteiger partial charge in [-0.2, -0.15) is 0 Å². The number of fused-ring (bicyclic) bond motifs is 1. The van der Waals surface area contributed by atoms with Gasteiger partial charge >= 0.3 is 0 Å². The molecule has 1 aliphatic heterocycles. The van der Waals surface area contributed by atoms with E-state index in [0.717, 1.165) is 22.4 Å². The molecule has 0 amide bonds. The average molecular weight is 493 g/mol. The molecule has 6 rings (SSSR count). The Labute approximate surface area is 207 Å². The molecular formula is C26H22Cl2N4O2. The van der Waals surface area contributed by atoms with Crippen molar-refractivity contribution in [3.05, 3.63) is 93.6 Å². The second kappa shape index (κ2) is 8.95. The topological polar surface area (TPSA) is 60.2 Å². The Kier molecular flexibility index (Phi) is 5.65. The van der Waals surface area contributed by atoms with Gasteiger partial charge in [0.15, 0.2) is 5.84 Å². The van der Waals surface area contributed by atoms with Gasteiger partial charge in [-0.3, -0.25) is 9.83 Å². The molecule has 34 heavy (non-hydrogen) atoms. The van der Waals surface area contributed by atoms with Gasteiger partial charge in [0.05, 0.1) is 23.7 Å². The van der Waals surface area contributed by atoms with Crippen molar-refractivity contribution in [2.45, 2.75) is 31.2 Å². The summed E-state index contributed by atoms with van der Waals surface area (Å²) in [6.45, 7) is 0.420. The first-order chi connectivity index (χ1) is 16.6. The van der Waals surface area contributed by atoms with Crippen molar-refractivity contribution >= 4 is 34.6 Å². The predicted octanol–water partition coefficient (Wildman–Crippen LogP) is 6.20. The van der Waals surface area contributed by atoms with Crippen molar-refractivity contribution in [3.8, 4) is 11.6 Å². The molecule has 8 heteroatoms. The molecular weight excluding hydrogens is 471 g/mol. The summed E-state index contributed by atoms with van der Waals surface area (Å²) < 4.78 is 8.09. The molecule has 0 bridgehead atoms. The predicted molar refractivity (Wildman–Crippen MR) is 133 cm³/mol.